The molecule has 0 aliphatic carbocycles. The summed E-state index contributed by atoms with van der Waals surface area (Å²) in [6.45, 7) is 0.944. The van der Waals surface area contributed by atoms with Crippen LogP contribution in [-0.4, -0.2) is 70.7 Å². The predicted molar refractivity (Wildman–Crippen MR) is 128 cm³/mol. The van der Waals surface area contributed by atoms with E-state index in [2.05, 4.69) is 4.98 Å². The fourth-order valence-corrected chi connectivity index (χ4v) is 4.85. The first-order chi connectivity index (χ1) is 14.6. The number of fused-ring (bicyclic) bond motifs is 1. The number of halogens is 1. The number of rotatable bonds is 7. The number of sulfone groups is 1. The first kappa shape index (κ1) is 25.7. The lowest BCUT2D eigenvalue weighted by Gasteiger charge is -2.22. The minimum atomic E-state index is -3.47. The standard InChI is InChI=1S/C21H23N3O5S2.ClH/c1-23(2)12-13-24(19(25)14-8-10-15(11-9-14)20(26)29-3)21-22-18-16(30-21)6-5-7-17(18)31(4,27)28;/h5-11H,12-13H2,1-4H3;1H. The number of hydrogen-bond acceptors (Lipinski definition) is 8. The maximum Gasteiger partial charge on any atom is 0.337 e. The normalized spacial score (nSPS) is 11.3. The number of methoxy groups -OCH3 is 1. The molecule has 1 aromatic heterocycles. The molecule has 11 heteroatoms. The zero-order valence-electron chi connectivity index (χ0n) is 18.1. The van der Waals surface area contributed by atoms with Gasteiger partial charge in [-0.1, -0.05) is 17.4 Å². The second kappa shape index (κ2) is 10.4. The molecule has 0 radical (unpaired) electrons. The molecule has 0 aliphatic heterocycles. The summed E-state index contributed by atoms with van der Waals surface area (Å²) in [5.74, 6) is -0.777. The van der Waals surface area contributed by atoms with E-state index in [-0.39, 0.29) is 23.2 Å². The predicted octanol–water partition coefficient (Wildman–Crippen LogP) is 3.12. The Balaban J connectivity index is 0.00000363. The monoisotopic (exact) mass is 497 g/mol. The first-order valence-electron chi connectivity index (χ1n) is 9.36. The number of hydrogen-bond donors (Lipinski definition) is 0. The van der Waals surface area contributed by atoms with Crippen LogP contribution in [0.15, 0.2) is 47.4 Å². The smallest absolute Gasteiger partial charge is 0.337 e. The number of amides is 1. The number of likely N-dealkylation sites (N-methyl/N-ethyl adjacent to an activating group) is 1. The lowest BCUT2D eigenvalue weighted by molar-refractivity contribution is 0.0600. The highest BCUT2D eigenvalue weighted by atomic mass is 35.5. The van der Waals surface area contributed by atoms with Gasteiger partial charge in [0.15, 0.2) is 15.0 Å². The maximum atomic E-state index is 13.3. The minimum absolute atomic E-state index is 0. The maximum absolute atomic E-state index is 13.3. The molecule has 0 saturated heterocycles. The molecule has 0 aliphatic rings. The molecular formula is C21H24ClN3O5S2. The number of esters is 1. The largest absolute Gasteiger partial charge is 0.465 e. The number of aromatic nitrogens is 1. The number of thiazole rings is 1. The second-order valence-electron chi connectivity index (χ2n) is 7.20. The van der Waals surface area contributed by atoms with Gasteiger partial charge in [0.05, 0.1) is 22.3 Å². The number of benzene rings is 2. The van der Waals surface area contributed by atoms with Gasteiger partial charge in [0.2, 0.25) is 0 Å². The Labute approximate surface area is 197 Å². The topological polar surface area (TPSA) is 96.9 Å². The first-order valence-corrected chi connectivity index (χ1v) is 12.1. The van der Waals surface area contributed by atoms with E-state index in [9.17, 15) is 18.0 Å². The number of ether oxygens (including phenoxy) is 1. The van der Waals surface area contributed by atoms with E-state index in [1.165, 1.54) is 41.5 Å². The summed E-state index contributed by atoms with van der Waals surface area (Å²) in [6.07, 6.45) is 1.14. The average Bonchev–Trinajstić information content (AvgIpc) is 3.16. The fraction of sp³-hybridized carbons (Fsp3) is 0.286. The van der Waals surface area contributed by atoms with Crippen LogP contribution >= 0.6 is 23.7 Å². The highest BCUT2D eigenvalue weighted by Gasteiger charge is 2.24. The quantitative estimate of drug-likeness (QED) is 0.462. The fourth-order valence-electron chi connectivity index (χ4n) is 2.93. The Morgan fingerprint density at radius 1 is 1.03 bits per heavy atom. The molecule has 32 heavy (non-hydrogen) atoms. The molecule has 0 atom stereocenters. The van der Waals surface area contributed by atoms with Gasteiger partial charge < -0.3 is 9.64 Å². The Kier molecular flexibility index (Phi) is 8.35. The third kappa shape index (κ3) is 5.63. The molecule has 3 aromatic rings. The van der Waals surface area contributed by atoms with E-state index < -0.39 is 15.8 Å². The zero-order valence-corrected chi connectivity index (χ0v) is 20.5. The van der Waals surface area contributed by atoms with E-state index in [1.807, 2.05) is 19.0 Å². The molecule has 0 fully saturated rings. The summed E-state index contributed by atoms with van der Waals surface area (Å²) in [5.41, 5.74) is 1.08. The zero-order chi connectivity index (χ0) is 22.8. The number of carbonyl (C=O) groups excluding carboxylic acids is 2. The third-order valence-corrected chi connectivity index (χ3v) is 6.74. The van der Waals surface area contributed by atoms with Gasteiger partial charge in [-0.3, -0.25) is 9.69 Å². The van der Waals surface area contributed by atoms with Crippen molar-refractivity contribution >= 4 is 60.8 Å². The summed E-state index contributed by atoms with van der Waals surface area (Å²) in [4.78, 5) is 33.1. The Morgan fingerprint density at radius 2 is 1.66 bits per heavy atom. The van der Waals surface area contributed by atoms with Crippen LogP contribution in [0.3, 0.4) is 0 Å². The average molecular weight is 498 g/mol. The summed E-state index contributed by atoms with van der Waals surface area (Å²) in [6, 6.07) is 11.1. The van der Waals surface area contributed by atoms with Crippen molar-refractivity contribution in [1.82, 2.24) is 9.88 Å². The van der Waals surface area contributed by atoms with Crippen molar-refractivity contribution in [3.8, 4) is 0 Å². The number of carbonyl (C=O) groups is 2. The van der Waals surface area contributed by atoms with E-state index in [4.69, 9.17) is 4.74 Å². The molecule has 8 nitrogen and oxygen atoms in total. The molecule has 0 bridgehead atoms. The van der Waals surface area contributed by atoms with Crippen molar-refractivity contribution in [2.24, 2.45) is 0 Å². The van der Waals surface area contributed by atoms with Crippen molar-refractivity contribution < 1.29 is 22.7 Å². The molecule has 2 aromatic carbocycles. The molecule has 0 saturated carbocycles. The highest BCUT2D eigenvalue weighted by Crippen LogP contribution is 2.33. The van der Waals surface area contributed by atoms with Crippen molar-refractivity contribution in [3.05, 3.63) is 53.6 Å². The van der Waals surface area contributed by atoms with Gasteiger partial charge in [-0.05, 0) is 50.5 Å². The van der Waals surface area contributed by atoms with Crippen molar-refractivity contribution in [2.75, 3.05) is 45.5 Å². The van der Waals surface area contributed by atoms with Crippen LogP contribution in [0.25, 0.3) is 10.2 Å². The molecular weight excluding hydrogens is 474 g/mol. The van der Waals surface area contributed by atoms with E-state index >= 15 is 0 Å². The van der Waals surface area contributed by atoms with Gasteiger partial charge in [-0.15, -0.1) is 12.4 Å². The molecule has 172 valence electrons. The molecule has 0 unspecified atom stereocenters. The van der Waals surface area contributed by atoms with Crippen molar-refractivity contribution in [1.29, 1.82) is 0 Å². The van der Waals surface area contributed by atoms with Gasteiger partial charge in [0.1, 0.15) is 5.52 Å². The second-order valence-corrected chi connectivity index (χ2v) is 10.2. The Hall–Kier alpha value is -2.53. The summed E-state index contributed by atoms with van der Waals surface area (Å²) in [7, 11) is 1.62. The van der Waals surface area contributed by atoms with Crippen LogP contribution in [0.4, 0.5) is 5.13 Å². The van der Waals surface area contributed by atoms with E-state index in [1.54, 1.807) is 24.3 Å². The van der Waals surface area contributed by atoms with Gasteiger partial charge >= 0.3 is 5.97 Å². The highest BCUT2D eigenvalue weighted by molar-refractivity contribution is 7.91. The molecule has 0 spiro atoms. The lowest BCUT2D eigenvalue weighted by atomic mass is 10.1. The van der Waals surface area contributed by atoms with Gasteiger partial charge in [0, 0.05) is 24.9 Å². The third-order valence-electron chi connectivity index (χ3n) is 4.57. The van der Waals surface area contributed by atoms with Crippen molar-refractivity contribution in [3.63, 3.8) is 0 Å². The summed E-state index contributed by atoms with van der Waals surface area (Å²) < 4.78 is 29.7. The van der Waals surface area contributed by atoms with Crippen LogP contribution < -0.4 is 4.90 Å². The minimum Gasteiger partial charge on any atom is -0.465 e. The molecule has 1 heterocycles. The van der Waals surface area contributed by atoms with Crippen LogP contribution in [-0.2, 0) is 14.6 Å². The van der Waals surface area contributed by atoms with Crippen LogP contribution in [0.1, 0.15) is 20.7 Å². The lowest BCUT2D eigenvalue weighted by Crippen LogP contribution is -2.36. The van der Waals surface area contributed by atoms with E-state index in [0.29, 0.717) is 39.6 Å². The molecule has 3 rings (SSSR count). The Bertz CT molecular complexity index is 1220. The van der Waals surface area contributed by atoms with Crippen LogP contribution in [0.2, 0.25) is 0 Å². The van der Waals surface area contributed by atoms with Gasteiger partial charge in [-0.2, -0.15) is 0 Å². The number of para-hydroxylation sites is 1. The summed E-state index contributed by atoms with van der Waals surface area (Å²) in [5, 5.41) is 0.412. The van der Waals surface area contributed by atoms with Crippen LogP contribution in [0, 0.1) is 0 Å². The number of anilines is 1. The molecule has 1 amide bonds. The summed E-state index contributed by atoms with van der Waals surface area (Å²) >= 11 is 1.26. The number of nitrogens with zero attached hydrogens (tertiary/aromatic N) is 3. The van der Waals surface area contributed by atoms with Gasteiger partial charge in [-0.25, -0.2) is 18.2 Å². The Morgan fingerprint density at radius 3 is 2.22 bits per heavy atom. The molecule has 0 N–H and O–H groups in total. The SMILES string of the molecule is COC(=O)c1ccc(C(=O)N(CCN(C)C)c2nc3c(S(C)(=O)=O)cccc3s2)cc1.Cl. The van der Waals surface area contributed by atoms with Crippen LogP contribution in [0.5, 0.6) is 0 Å². The van der Waals surface area contributed by atoms with E-state index in [0.717, 1.165) is 6.26 Å². The van der Waals surface area contributed by atoms with Crippen molar-refractivity contribution in [2.45, 2.75) is 4.90 Å². The van der Waals surface area contributed by atoms with Gasteiger partial charge in [0.25, 0.3) is 5.91 Å².